The predicted molar refractivity (Wildman–Crippen MR) is 110 cm³/mol. The summed E-state index contributed by atoms with van der Waals surface area (Å²) >= 11 is 6.27. The first-order chi connectivity index (χ1) is 14.0. The summed E-state index contributed by atoms with van der Waals surface area (Å²) in [6.07, 6.45) is 1.69. The van der Waals surface area contributed by atoms with Gasteiger partial charge < -0.3 is 14.2 Å². The Morgan fingerprint density at radius 2 is 1.90 bits per heavy atom. The van der Waals surface area contributed by atoms with Crippen molar-refractivity contribution in [2.24, 2.45) is 0 Å². The topological polar surface area (TPSA) is 61.8 Å². The van der Waals surface area contributed by atoms with Gasteiger partial charge in [0.15, 0.2) is 0 Å². The zero-order valence-electron chi connectivity index (χ0n) is 16.5. The van der Waals surface area contributed by atoms with E-state index in [1.54, 1.807) is 19.1 Å². The van der Waals surface area contributed by atoms with Crippen LogP contribution in [-0.2, 0) is 38.3 Å². The van der Waals surface area contributed by atoms with E-state index in [-0.39, 0.29) is 30.7 Å². The molecule has 29 heavy (non-hydrogen) atoms. The number of carbonyl (C=O) groups excluding carboxylic acids is 2. The van der Waals surface area contributed by atoms with Gasteiger partial charge in [0.1, 0.15) is 17.6 Å². The van der Waals surface area contributed by atoms with Crippen LogP contribution in [0.15, 0.2) is 42.5 Å². The van der Waals surface area contributed by atoms with Crippen LogP contribution in [0, 0.1) is 0 Å². The van der Waals surface area contributed by atoms with E-state index in [0.717, 1.165) is 29.9 Å². The van der Waals surface area contributed by atoms with Gasteiger partial charge in [-0.2, -0.15) is 0 Å². The predicted octanol–water partition coefficient (Wildman–Crippen LogP) is 3.97. The molecule has 0 spiro atoms. The molecule has 0 aliphatic carbocycles. The van der Waals surface area contributed by atoms with Gasteiger partial charge in [0.05, 0.1) is 26.2 Å². The highest BCUT2D eigenvalue weighted by Gasteiger charge is 2.17. The molecule has 1 atom stereocenters. The number of esters is 1. The highest BCUT2D eigenvalue weighted by atomic mass is 35.5. The Hall–Kier alpha value is -2.37. The third-order valence-electron chi connectivity index (χ3n) is 4.65. The highest BCUT2D eigenvalue weighted by Crippen LogP contribution is 2.21. The van der Waals surface area contributed by atoms with E-state index in [0.29, 0.717) is 30.2 Å². The van der Waals surface area contributed by atoms with Gasteiger partial charge >= 0.3 is 5.97 Å². The minimum atomic E-state index is -0.315. The molecule has 1 unspecified atom stereocenters. The van der Waals surface area contributed by atoms with Crippen LogP contribution >= 0.6 is 11.6 Å². The normalized spacial score (nSPS) is 15.9. The van der Waals surface area contributed by atoms with Crippen LogP contribution in [0.25, 0.3) is 0 Å². The van der Waals surface area contributed by atoms with Gasteiger partial charge in [-0.1, -0.05) is 35.9 Å². The summed E-state index contributed by atoms with van der Waals surface area (Å²) in [5, 5.41) is 0.470. The molecule has 2 aromatic carbocycles. The lowest BCUT2D eigenvalue weighted by atomic mass is 10.0. The fourth-order valence-electron chi connectivity index (χ4n) is 3.26. The SMILES string of the molecule is CCOC(=O)Cc1ccc(CC(=O)Cc2cccc(OC3CCOC3)c2)cc1Cl. The summed E-state index contributed by atoms with van der Waals surface area (Å²) in [4.78, 5) is 24.1. The van der Waals surface area contributed by atoms with E-state index < -0.39 is 0 Å². The number of Topliss-reactive ketones (excluding diaryl/α,β-unsaturated/α-hetero) is 1. The number of ether oxygens (including phenoxy) is 3. The van der Waals surface area contributed by atoms with Crippen molar-refractivity contribution in [3.8, 4) is 5.75 Å². The van der Waals surface area contributed by atoms with E-state index in [2.05, 4.69) is 0 Å². The molecule has 2 aromatic rings. The molecule has 1 fully saturated rings. The lowest BCUT2D eigenvalue weighted by molar-refractivity contribution is -0.142. The molecule has 0 aromatic heterocycles. The van der Waals surface area contributed by atoms with Crippen molar-refractivity contribution in [3.05, 3.63) is 64.2 Å². The Morgan fingerprint density at radius 3 is 2.59 bits per heavy atom. The largest absolute Gasteiger partial charge is 0.488 e. The lowest BCUT2D eigenvalue weighted by Crippen LogP contribution is -2.15. The van der Waals surface area contributed by atoms with E-state index in [9.17, 15) is 9.59 Å². The average Bonchev–Trinajstić information content (AvgIpc) is 3.17. The zero-order valence-corrected chi connectivity index (χ0v) is 17.2. The minimum Gasteiger partial charge on any atom is -0.488 e. The van der Waals surface area contributed by atoms with Crippen LogP contribution in [0.2, 0.25) is 5.02 Å². The molecule has 6 heteroatoms. The molecular weight excluding hydrogens is 392 g/mol. The number of rotatable bonds is 9. The summed E-state index contributed by atoms with van der Waals surface area (Å²) in [7, 11) is 0. The van der Waals surface area contributed by atoms with Crippen LogP contribution in [0.5, 0.6) is 5.75 Å². The Labute approximate surface area is 175 Å². The van der Waals surface area contributed by atoms with Gasteiger partial charge in [-0.3, -0.25) is 9.59 Å². The number of hydrogen-bond acceptors (Lipinski definition) is 5. The fourth-order valence-corrected chi connectivity index (χ4v) is 3.53. The molecule has 3 rings (SSSR count). The molecule has 0 bridgehead atoms. The Balaban J connectivity index is 1.56. The van der Waals surface area contributed by atoms with Crippen molar-refractivity contribution in [1.29, 1.82) is 0 Å². The van der Waals surface area contributed by atoms with Crippen molar-refractivity contribution in [2.75, 3.05) is 19.8 Å². The summed E-state index contributed by atoms with van der Waals surface area (Å²) in [6, 6.07) is 13.0. The van der Waals surface area contributed by atoms with Crippen molar-refractivity contribution in [2.45, 2.75) is 38.7 Å². The van der Waals surface area contributed by atoms with Crippen LogP contribution < -0.4 is 4.74 Å². The van der Waals surface area contributed by atoms with Gasteiger partial charge in [-0.15, -0.1) is 0 Å². The van der Waals surface area contributed by atoms with E-state index >= 15 is 0 Å². The zero-order chi connectivity index (χ0) is 20.6. The first-order valence-electron chi connectivity index (χ1n) is 9.81. The average molecular weight is 417 g/mol. The summed E-state index contributed by atoms with van der Waals surface area (Å²) in [5.74, 6) is 0.530. The highest BCUT2D eigenvalue weighted by molar-refractivity contribution is 6.31. The van der Waals surface area contributed by atoms with Crippen molar-refractivity contribution >= 4 is 23.4 Å². The Morgan fingerprint density at radius 1 is 1.10 bits per heavy atom. The molecule has 1 heterocycles. The minimum absolute atomic E-state index is 0.0798. The molecular formula is C23H25ClO5. The fraction of sp³-hybridized carbons (Fsp3) is 0.391. The molecule has 1 aliphatic heterocycles. The monoisotopic (exact) mass is 416 g/mol. The summed E-state index contributed by atoms with van der Waals surface area (Å²) in [5.41, 5.74) is 2.43. The number of carbonyl (C=O) groups is 2. The number of benzene rings is 2. The van der Waals surface area contributed by atoms with Gasteiger partial charge in [0, 0.05) is 24.3 Å². The molecule has 1 aliphatic rings. The number of hydrogen-bond donors (Lipinski definition) is 0. The number of ketones is 1. The Bertz CT molecular complexity index is 858. The molecule has 0 radical (unpaired) electrons. The molecule has 0 amide bonds. The maximum Gasteiger partial charge on any atom is 0.310 e. The molecule has 5 nitrogen and oxygen atoms in total. The van der Waals surface area contributed by atoms with Crippen molar-refractivity contribution < 1.29 is 23.8 Å². The second kappa shape index (κ2) is 10.4. The summed E-state index contributed by atoms with van der Waals surface area (Å²) < 4.78 is 16.2. The van der Waals surface area contributed by atoms with Gasteiger partial charge in [0.2, 0.25) is 0 Å². The van der Waals surface area contributed by atoms with Gasteiger partial charge in [0.25, 0.3) is 0 Å². The van der Waals surface area contributed by atoms with E-state index in [4.69, 9.17) is 25.8 Å². The van der Waals surface area contributed by atoms with Crippen molar-refractivity contribution in [3.63, 3.8) is 0 Å². The van der Waals surface area contributed by atoms with E-state index in [1.165, 1.54) is 0 Å². The molecule has 0 saturated carbocycles. The van der Waals surface area contributed by atoms with Gasteiger partial charge in [-0.25, -0.2) is 0 Å². The maximum atomic E-state index is 12.5. The van der Waals surface area contributed by atoms with Crippen LogP contribution in [0.4, 0.5) is 0 Å². The smallest absolute Gasteiger partial charge is 0.310 e. The maximum absolute atomic E-state index is 12.5. The molecule has 0 N–H and O–H groups in total. The standard InChI is InChI=1S/C23H25ClO5/c1-2-28-23(26)14-18-7-6-17(13-22(18)24)11-19(25)10-16-4-3-5-20(12-16)29-21-8-9-27-15-21/h3-7,12-13,21H,2,8-11,14-15H2,1H3. The second-order valence-electron chi connectivity index (χ2n) is 7.05. The van der Waals surface area contributed by atoms with Crippen molar-refractivity contribution in [1.82, 2.24) is 0 Å². The summed E-state index contributed by atoms with van der Waals surface area (Å²) in [6.45, 7) is 3.43. The van der Waals surface area contributed by atoms with Crippen LogP contribution in [0.1, 0.15) is 30.0 Å². The second-order valence-corrected chi connectivity index (χ2v) is 7.46. The third kappa shape index (κ3) is 6.58. The number of halogens is 1. The third-order valence-corrected chi connectivity index (χ3v) is 5.00. The molecule has 154 valence electrons. The molecule has 1 saturated heterocycles. The van der Waals surface area contributed by atoms with Gasteiger partial charge in [-0.05, 0) is 41.8 Å². The van der Waals surface area contributed by atoms with E-state index in [1.807, 2.05) is 30.3 Å². The quantitative estimate of drug-likeness (QED) is 0.579. The lowest BCUT2D eigenvalue weighted by Gasteiger charge is -2.12. The Kier molecular flexibility index (Phi) is 7.67. The first-order valence-corrected chi connectivity index (χ1v) is 10.2. The van der Waals surface area contributed by atoms with Crippen LogP contribution in [-0.4, -0.2) is 37.7 Å². The van der Waals surface area contributed by atoms with Crippen LogP contribution in [0.3, 0.4) is 0 Å². The first kappa shape index (κ1) is 21.3.